The van der Waals surface area contributed by atoms with Crippen molar-refractivity contribution in [2.45, 2.75) is 12.5 Å². The summed E-state index contributed by atoms with van der Waals surface area (Å²) >= 11 is 0. The molecule has 2 rings (SSSR count). The van der Waals surface area contributed by atoms with Crippen LogP contribution in [0.5, 0.6) is 0 Å². The van der Waals surface area contributed by atoms with Gasteiger partial charge in [0.25, 0.3) is 0 Å². The molecule has 0 aliphatic heterocycles. The Balaban J connectivity index is 2.07. The molecule has 0 aliphatic carbocycles. The second-order valence-corrected chi connectivity index (χ2v) is 4.68. The molecule has 22 heavy (non-hydrogen) atoms. The molecule has 3 N–H and O–H groups in total. The maximum atomic E-state index is 13.5. The topological polar surface area (TPSA) is 61.4 Å². The fourth-order valence-corrected chi connectivity index (χ4v) is 2.05. The van der Waals surface area contributed by atoms with E-state index in [1.165, 1.54) is 12.1 Å². The van der Waals surface area contributed by atoms with E-state index >= 15 is 0 Å². The third kappa shape index (κ3) is 4.02. The van der Waals surface area contributed by atoms with Crippen molar-refractivity contribution < 1.29 is 18.7 Å². The van der Waals surface area contributed by atoms with Gasteiger partial charge in [0.05, 0.1) is 11.7 Å². The Kier molecular flexibility index (Phi) is 5.43. The number of rotatable bonds is 5. The number of carbonyl (C=O) groups excluding carboxylic acids is 1. The van der Waals surface area contributed by atoms with Crippen molar-refractivity contribution in [1.82, 2.24) is 5.32 Å². The van der Waals surface area contributed by atoms with Gasteiger partial charge in [-0.3, -0.25) is 0 Å². The largest absolute Gasteiger partial charge is 0.396 e. The summed E-state index contributed by atoms with van der Waals surface area (Å²) in [5.74, 6) is -2.15. The summed E-state index contributed by atoms with van der Waals surface area (Å²) in [4.78, 5) is 11.9. The first-order valence-electron chi connectivity index (χ1n) is 6.79. The monoisotopic (exact) mass is 306 g/mol. The maximum Gasteiger partial charge on any atom is 0.319 e. The molecular weight excluding hydrogens is 290 g/mol. The van der Waals surface area contributed by atoms with Crippen LogP contribution in [-0.4, -0.2) is 17.7 Å². The van der Waals surface area contributed by atoms with Crippen LogP contribution >= 0.6 is 0 Å². The minimum Gasteiger partial charge on any atom is -0.396 e. The standard InChI is InChI=1S/C16H16F2N2O2/c17-12-7-4-8-14(15(12)18)20-16(22)19-13(9-10-21)11-5-2-1-3-6-11/h1-8,13,21H,9-10H2,(H2,19,20,22)/t13-/m1/s1. The molecule has 2 amide bonds. The molecule has 0 aliphatic rings. The van der Waals surface area contributed by atoms with Crippen molar-refractivity contribution in [2.75, 3.05) is 11.9 Å². The Morgan fingerprint density at radius 3 is 2.50 bits per heavy atom. The molecule has 0 saturated heterocycles. The van der Waals surface area contributed by atoms with Crippen LogP contribution in [0.4, 0.5) is 19.3 Å². The van der Waals surface area contributed by atoms with Crippen LogP contribution in [0.25, 0.3) is 0 Å². The summed E-state index contributed by atoms with van der Waals surface area (Å²) in [6.45, 7) is -0.117. The van der Waals surface area contributed by atoms with Gasteiger partial charge in [0.2, 0.25) is 0 Å². The zero-order chi connectivity index (χ0) is 15.9. The van der Waals surface area contributed by atoms with Gasteiger partial charge >= 0.3 is 6.03 Å². The number of benzene rings is 2. The number of aliphatic hydroxyl groups is 1. The Labute approximate surface area is 126 Å². The highest BCUT2D eigenvalue weighted by Crippen LogP contribution is 2.18. The molecular formula is C16H16F2N2O2. The fourth-order valence-electron chi connectivity index (χ4n) is 2.05. The number of hydrogen-bond donors (Lipinski definition) is 3. The minimum absolute atomic E-state index is 0.117. The zero-order valence-electron chi connectivity index (χ0n) is 11.7. The van der Waals surface area contributed by atoms with E-state index in [9.17, 15) is 13.6 Å². The van der Waals surface area contributed by atoms with Crippen molar-refractivity contribution >= 4 is 11.7 Å². The highest BCUT2D eigenvalue weighted by molar-refractivity contribution is 5.89. The molecule has 2 aromatic carbocycles. The maximum absolute atomic E-state index is 13.5. The number of aliphatic hydroxyl groups excluding tert-OH is 1. The number of carbonyl (C=O) groups is 1. The molecule has 6 heteroatoms. The second kappa shape index (κ2) is 7.51. The molecule has 1 atom stereocenters. The zero-order valence-corrected chi connectivity index (χ0v) is 11.7. The molecule has 0 radical (unpaired) electrons. The molecule has 116 valence electrons. The number of halogens is 2. The Morgan fingerprint density at radius 1 is 1.09 bits per heavy atom. The van der Waals surface area contributed by atoms with E-state index in [-0.39, 0.29) is 12.3 Å². The third-order valence-electron chi connectivity index (χ3n) is 3.12. The van der Waals surface area contributed by atoms with Crippen molar-refractivity contribution in [3.8, 4) is 0 Å². The normalized spacial score (nSPS) is 11.8. The third-order valence-corrected chi connectivity index (χ3v) is 3.12. The van der Waals surface area contributed by atoms with Gasteiger partial charge in [-0.15, -0.1) is 0 Å². The van der Waals surface area contributed by atoms with Crippen LogP contribution in [0.2, 0.25) is 0 Å². The number of nitrogens with one attached hydrogen (secondary N) is 2. The van der Waals surface area contributed by atoms with Crippen molar-refractivity contribution in [1.29, 1.82) is 0 Å². The van der Waals surface area contributed by atoms with E-state index in [0.29, 0.717) is 6.42 Å². The van der Waals surface area contributed by atoms with Crippen LogP contribution in [-0.2, 0) is 0 Å². The van der Waals surface area contributed by atoms with Crippen LogP contribution in [0, 0.1) is 11.6 Å². The summed E-state index contributed by atoms with van der Waals surface area (Å²) < 4.78 is 26.6. The Hall–Kier alpha value is -2.47. The van der Waals surface area contributed by atoms with Crippen molar-refractivity contribution in [2.24, 2.45) is 0 Å². The van der Waals surface area contributed by atoms with E-state index in [1.54, 1.807) is 0 Å². The first kappa shape index (κ1) is 15.9. The highest BCUT2D eigenvalue weighted by Gasteiger charge is 2.16. The minimum atomic E-state index is -1.11. The quantitative estimate of drug-likeness (QED) is 0.794. The number of hydrogen-bond acceptors (Lipinski definition) is 2. The SMILES string of the molecule is O=C(Nc1cccc(F)c1F)N[C@H](CCO)c1ccccc1. The van der Waals surface area contributed by atoms with E-state index in [4.69, 9.17) is 5.11 Å². The molecule has 0 fully saturated rings. The lowest BCUT2D eigenvalue weighted by atomic mass is 10.0. The molecule has 0 aromatic heterocycles. The van der Waals surface area contributed by atoms with Gasteiger partial charge in [0.1, 0.15) is 0 Å². The fraction of sp³-hybridized carbons (Fsp3) is 0.188. The number of amides is 2. The van der Waals surface area contributed by atoms with Crippen LogP contribution in [0.3, 0.4) is 0 Å². The molecule has 0 unspecified atom stereocenters. The lowest BCUT2D eigenvalue weighted by Gasteiger charge is -2.19. The molecule has 0 saturated carbocycles. The van der Waals surface area contributed by atoms with E-state index in [1.807, 2.05) is 30.3 Å². The molecule has 0 spiro atoms. The average molecular weight is 306 g/mol. The van der Waals surface area contributed by atoms with Crippen molar-refractivity contribution in [3.63, 3.8) is 0 Å². The van der Waals surface area contributed by atoms with Gasteiger partial charge in [-0.25, -0.2) is 13.6 Å². The van der Waals surface area contributed by atoms with Crippen LogP contribution in [0.1, 0.15) is 18.0 Å². The number of anilines is 1. The summed E-state index contributed by atoms with van der Waals surface area (Å²) in [5.41, 5.74) is 0.569. The molecule has 2 aromatic rings. The predicted molar refractivity (Wildman–Crippen MR) is 79.4 cm³/mol. The number of urea groups is 1. The van der Waals surface area contributed by atoms with E-state index in [2.05, 4.69) is 10.6 Å². The molecule has 0 heterocycles. The first-order valence-corrected chi connectivity index (χ1v) is 6.79. The predicted octanol–water partition coefficient (Wildman–Crippen LogP) is 3.21. The second-order valence-electron chi connectivity index (χ2n) is 4.68. The van der Waals surface area contributed by atoms with Gasteiger partial charge < -0.3 is 15.7 Å². The lowest BCUT2D eigenvalue weighted by Crippen LogP contribution is -2.33. The van der Waals surface area contributed by atoms with E-state index in [0.717, 1.165) is 11.6 Å². The van der Waals surface area contributed by atoms with E-state index < -0.39 is 23.7 Å². The van der Waals surface area contributed by atoms with Gasteiger partial charge in [-0.1, -0.05) is 36.4 Å². The summed E-state index contributed by atoms with van der Waals surface area (Å²) in [7, 11) is 0. The summed E-state index contributed by atoms with van der Waals surface area (Å²) in [6.07, 6.45) is 0.309. The smallest absolute Gasteiger partial charge is 0.319 e. The Morgan fingerprint density at radius 2 is 1.82 bits per heavy atom. The Bertz CT molecular complexity index is 635. The van der Waals surface area contributed by atoms with Gasteiger partial charge in [-0.05, 0) is 24.1 Å². The lowest BCUT2D eigenvalue weighted by molar-refractivity contribution is 0.239. The van der Waals surface area contributed by atoms with Crippen LogP contribution in [0.15, 0.2) is 48.5 Å². The van der Waals surface area contributed by atoms with Crippen LogP contribution < -0.4 is 10.6 Å². The van der Waals surface area contributed by atoms with Gasteiger partial charge in [-0.2, -0.15) is 0 Å². The first-order chi connectivity index (χ1) is 10.6. The molecule has 4 nitrogen and oxygen atoms in total. The van der Waals surface area contributed by atoms with Gasteiger partial charge in [0, 0.05) is 6.61 Å². The van der Waals surface area contributed by atoms with Gasteiger partial charge in [0.15, 0.2) is 11.6 Å². The molecule has 0 bridgehead atoms. The summed E-state index contributed by atoms with van der Waals surface area (Å²) in [5, 5.41) is 14.0. The van der Waals surface area contributed by atoms with Crippen molar-refractivity contribution in [3.05, 3.63) is 65.7 Å². The highest BCUT2D eigenvalue weighted by atomic mass is 19.2. The average Bonchev–Trinajstić information content (AvgIpc) is 2.52. The summed E-state index contributed by atoms with van der Waals surface area (Å²) in [6, 6.07) is 11.5.